The predicted octanol–water partition coefficient (Wildman–Crippen LogP) is 2.99. The summed E-state index contributed by atoms with van der Waals surface area (Å²) in [5, 5.41) is 2.84. The second-order valence-electron chi connectivity index (χ2n) is 7.12. The molecular weight excluding hydrogens is 388 g/mol. The first-order valence-corrected chi connectivity index (χ1v) is 11.5. The summed E-state index contributed by atoms with van der Waals surface area (Å²) in [6, 6.07) is 16.4. The van der Waals surface area contributed by atoms with Crippen LogP contribution in [0.2, 0.25) is 0 Å². The summed E-state index contributed by atoms with van der Waals surface area (Å²) in [7, 11) is -3.42. The third-order valence-electron chi connectivity index (χ3n) is 4.95. The van der Waals surface area contributed by atoms with Crippen molar-refractivity contribution < 1.29 is 17.9 Å². The Bertz CT molecular complexity index is 877. The summed E-state index contributed by atoms with van der Waals surface area (Å²) in [5.74, 6) is 0.571. The van der Waals surface area contributed by atoms with Gasteiger partial charge < -0.3 is 10.1 Å². The van der Waals surface area contributed by atoms with Gasteiger partial charge in [0.15, 0.2) is 0 Å². The van der Waals surface area contributed by atoms with Crippen LogP contribution in [-0.2, 0) is 21.2 Å². The molecule has 1 amide bonds. The lowest BCUT2D eigenvalue weighted by molar-refractivity contribution is -0.121. The number of hydrogen-bond donors (Lipinski definition) is 1. The SMILES string of the molecule is O=C(CCc1ccccc1)NCCOc1ccc(S(=O)(=O)N2CCCCC2)cc1. The van der Waals surface area contributed by atoms with Gasteiger partial charge in [0.05, 0.1) is 11.4 Å². The maximum atomic E-state index is 12.6. The number of rotatable bonds is 9. The van der Waals surface area contributed by atoms with Crippen LogP contribution in [0, 0.1) is 0 Å². The molecule has 0 bridgehead atoms. The Labute approximate surface area is 172 Å². The summed E-state index contributed by atoms with van der Waals surface area (Å²) in [6.07, 6.45) is 4.06. The van der Waals surface area contributed by atoms with Crippen molar-refractivity contribution in [2.45, 2.75) is 37.0 Å². The van der Waals surface area contributed by atoms with Gasteiger partial charge in [0.2, 0.25) is 15.9 Å². The zero-order valence-electron chi connectivity index (χ0n) is 16.5. The number of carbonyl (C=O) groups excluding carboxylic acids is 1. The van der Waals surface area contributed by atoms with Gasteiger partial charge in [-0.05, 0) is 49.1 Å². The molecule has 6 nitrogen and oxygen atoms in total. The minimum Gasteiger partial charge on any atom is -0.492 e. The number of benzene rings is 2. The van der Waals surface area contributed by atoms with Crippen LogP contribution in [0.25, 0.3) is 0 Å². The molecule has 7 heteroatoms. The molecule has 0 atom stereocenters. The molecule has 0 aromatic heterocycles. The van der Waals surface area contributed by atoms with Crippen molar-refractivity contribution in [3.05, 3.63) is 60.2 Å². The topological polar surface area (TPSA) is 75.7 Å². The molecule has 0 radical (unpaired) electrons. The monoisotopic (exact) mass is 416 g/mol. The average molecular weight is 417 g/mol. The van der Waals surface area contributed by atoms with E-state index in [9.17, 15) is 13.2 Å². The summed E-state index contributed by atoms with van der Waals surface area (Å²) >= 11 is 0. The number of ether oxygens (including phenoxy) is 1. The molecule has 1 fully saturated rings. The third kappa shape index (κ3) is 6.30. The quantitative estimate of drug-likeness (QED) is 0.638. The van der Waals surface area contributed by atoms with Crippen LogP contribution in [-0.4, -0.2) is 44.9 Å². The van der Waals surface area contributed by atoms with Crippen molar-refractivity contribution in [2.24, 2.45) is 0 Å². The van der Waals surface area contributed by atoms with E-state index in [4.69, 9.17) is 4.74 Å². The number of nitrogens with zero attached hydrogens (tertiary/aromatic N) is 1. The van der Waals surface area contributed by atoms with Crippen LogP contribution in [0.1, 0.15) is 31.2 Å². The second kappa shape index (κ2) is 10.4. The van der Waals surface area contributed by atoms with E-state index in [0.29, 0.717) is 49.7 Å². The van der Waals surface area contributed by atoms with E-state index in [2.05, 4.69) is 5.32 Å². The first kappa shape index (κ1) is 21.3. The average Bonchev–Trinajstić information content (AvgIpc) is 2.77. The second-order valence-corrected chi connectivity index (χ2v) is 9.06. The fourth-order valence-electron chi connectivity index (χ4n) is 3.31. The summed E-state index contributed by atoms with van der Waals surface area (Å²) in [5.41, 5.74) is 1.14. The smallest absolute Gasteiger partial charge is 0.243 e. The molecule has 0 aliphatic carbocycles. The van der Waals surface area contributed by atoms with E-state index >= 15 is 0 Å². The maximum absolute atomic E-state index is 12.6. The Morgan fingerprint density at radius 3 is 2.34 bits per heavy atom. The number of sulfonamides is 1. The molecule has 2 aromatic rings. The largest absolute Gasteiger partial charge is 0.492 e. The van der Waals surface area contributed by atoms with Crippen LogP contribution in [0.15, 0.2) is 59.5 Å². The Hall–Kier alpha value is -2.38. The van der Waals surface area contributed by atoms with E-state index in [0.717, 1.165) is 24.8 Å². The lowest BCUT2D eigenvalue weighted by atomic mass is 10.1. The molecule has 0 spiro atoms. The van der Waals surface area contributed by atoms with Gasteiger partial charge in [-0.1, -0.05) is 36.8 Å². The zero-order chi connectivity index (χ0) is 20.5. The number of piperidine rings is 1. The van der Waals surface area contributed by atoms with Crippen LogP contribution < -0.4 is 10.1 Å². The summed E-state index contributed by atoms with van der Waals surface area (Å²) < 4.78 is 32.4. The van der Waals surface area contributed by atoms with Gasteiger partial charge in [0.25, 0.3) is 0 Å². The molecule has 1 aliphatic rings. The van der Waals surface area contributed by atoms with Crippen LogP contribution in [0.5, 0.6) is 5.75 Å². The zero-order valence-corrected chi connectivity index (χ0v) is 17.4. The summed E-state index contributed by atoms with van der Waals surface area (Å²) in [4.78, 5) is 12.2. The third-order valence-corrected chi connectivity index (χ3v) is 6.87. The lowest BCUT2D eigenvalue weighted by Gasteiger charge is -2.25. The fraction of sp³-hybridized carbons (Fsp3) is 0.409. The first-order valence-electron chi connectivity index (χ1n) is 10.1. The van der Waals surface area contributed by atoms with Crippen molar-refractivity contribution in [2.75, 3.05) is 26.2 Å². The van der Waals surface area contributed by atoms with Crippen molar-refractivity contribution in [3.8, 4) is 5.75 Å². The Kier molecular flexibility index (Phi) is 7.66. The standard InChI is InChI=1S/C22H28N2O4S/c25-22(14-9-19-7-3-1-4-8-19)23-15-18-28-20-10-12-21(13-11-20)29(26,27)24-16-5-2-6-17-24/h1,3-4,7-8,10-13H,2,5-6,9,14-18H2,(H,23,25). The molecule has 1 heterocycles. The van der Waals surface area contributed by atoms with Crippen molar-refractivity contribution in [3.63, 3.8) is 0 Å². The number of amides is 1. The molecule has 1 saturated heterocycles. The highest BCUT2D eigenvalue weighted by Gasteiger charge is 2.25. The van der Waals surface area contributed by atoms with E-state index < -0.39 is 10.0 Å². The van der Waals surface area contributed by atoms with Crippen LogP contribution in [0.3, 0.4) is 0 Å². The maximum Gasteiger partial charge on any atom is 0.243 e. The van der Waals surface area contributed by atoms with Gasteiger partial charge in [-0.3, -0.25) is 4.79 Å². The Balaban J connectivity index is 1.39. The van der Waals surface area contributed by atoms with E-state index in [1.165, 1.54) is 0 Å². The molecular formula is C22H28N2O4S. The van der Waals surface area contributed by atoms with E-state index in [1.54, 1.807) is 28.6 Å². The predicted molar refractivity (Wildman–Crippen MR) is 112 cm³/mol. The van der Waals surface area contributed by atoms with Gasteiger partial charge in [0.1, 0.15) is 12.4 Å². The number of aryl methyl sites for hydroxylation is 1. The molecule has 1 aliphatic heterocycles. The molecule has 1 N–H and O–H groups in total. The fourth-order valence-corrected chi connectivity index (χ4v) is 4.83. The highest BCUT2D eigenvalue weighted by Crippen LogP contribution is 2.22. The van der Waals surface area contributed by atoms with Crippen molar-refractivity contribution >= 4 is 15.9 Å². The van der Waals surface area contributed by atoms with Gasteiger partial charge >= 0.3 is 0 Å². The summed E-state index contributed by atoms with van der Waals surface area (Å²) in [6.45, 7) is 1.91. The molecule has 3 rings (SSSR count). The normalized spacial score (nSPS) is 15.0. The van der Waals surface area contributed by atoms with Gasteiger partial charge in [-0.15, -0.1) is 0 Å². The van der Waals surface area contributed by atoms with E-state index in [-0.39, 0.29) is 5.91 Å². The van der Waals surface area contributed by atoms with Crippen LogP contribution >= 0.6 is 0 Å². The highest BCUT2D eigenvalue weighted by atomic mass is 32.2. The number of nitrogens with one attached hydrogen (secondary N) is 1. The number of carbonyl (C=O) groups is 1. The molecule has 2 aromatic carbocycles. The molecule has 0 unspecified atom stereocenters. The highest BCUT2D eigenvalue weighted by molar-refractivity contribution is 7.89. The van der Waals surface area contributed by atoms with Crippen molar-refractivity contribution in [1.29, 1.82) is 0 Å². The van der Waals surface area contributed by atoms with Crippen molar-refractivity contribution in [1.82, 2.24) is 9.62 Å². The van der Waals surface area contributed by atoms with Gasteiger partial charge in [0, 0.05) is 19.5 Å². The Morgan fingerprint density at radius 2 is 1.66 bits per heavy atom. The molecule has 156 valence electrons. The minimum absolute atomic E-state index is 0.0135. The Morgan fingerprint density at radius 1 is 0.966 bits per heavy atom. The minimum atomic E-state index is -3.42. The van der Waals surface area contributed by atoms with Crippen LogP contribution in [0.4, 0.5) is 0 Å². The first-order chi connectivity index (χ1) is 14.1. The lowest BCUT2D eigenvalue weighted by Crippen LogP contribution is -2.35. The number of hydrogen-bond acceptors (Lipinski definition) is 4. The molecule has 29 heavy (non-hydrogen) atoms. The van der Waals surface area contributed by atoms with Gasteiger partial charge in [-0.25, -0.2) is 8.42 Å². The van der Waals surface area contributed by atoms with Gasteiger partial charge in [-0.2, -0.15) is 4.31 Å². The van der Waals surface area contributed by atoms with E-state index in [1.807, 2.05) is 30.3 Å². The molecule has 0 saturated carbocycles.